The van der Waals surface area contributed by atoms with Crippen molar-refractivity contribution in [2.75, 3.05) is 19.0 Å². The van der Waals surface area contributed by atoms with Gasteiger partial charge < -0.3 is 19.4 Å². The molecule has 0 fully saturated rings. The first kappa shape index (κ1) is 23.4. The summed E-state index contributed by atoms with van der Waals surface area (Å²) in [6, 6.07) is 19.6. The van der Waals surface area contributed by atoms with E-state index in [0.717, 1.165) is 10.9 Å². The number of nitrogens with zero attached hydrogens (tertiary/aromatic N) is 3. The van der Waals surface area contributed by atoms with Gasteiger partial charge in [-0.3, -0.25) is 9.59 Å². The summed E-state index contributed by atoms with van der Waals surface area (Å²) in [6.07, 6.45) is 0. The highest BCUT2D eigenvalue weighted by molar-refractivity contribution is 6.32. The molecule has 0 bridgehead atoms. The van der Waals surface area contributed by atoms with Crippen molar-refractivity contribution in [1.29, 1.82) is 0 Å². The second kappa shape index (κ2) is 9.39. The second-order valence-electron chi connectivity index (χ2n) is 8.07. The Morgan fingerprint density at radius 3 is 2.56 bits per heavy atom. The predicted octanol–water partition coefficient (Wildman–Crippen LogP) is 5.19. The zero-order valence-corrected chi connectivity index (χ0v) is 20.7. The molecule has 0 atom stereocenters. The van der Waals surface area contributed by atoms with Crippen LogP contribution in [0.25, 0.3) is 27.5 Å². The highest BCUT2D eigenvalue weighted by Crippen LogP contribution is 2.31. The number of para-hydroxylation sites is 3. The lowest BCUT2D eigenvalue weighted by Crippen LogP contribution is -2.27. The normalized spacial score (nSPS) is 11.1. The van der Waals surface area contributed by atoms with Crippen molar-refractivity contribution in [3.63, 3.8) is 0 Å². The van der Waals surface area contributed by atoms with Crippen molar-refractivity contribution in [2.24, 2.45) is 7.05 Å². The molecule has 2 heterocycles. The lowest BCUT2D eigenvalue weighted by Gasteiger charge is -2.13. The molecule has 0 saturated heterocycles. The van der Waals surface area contributed by atoms with E-state index in [1.54, 1.807) is 48.0 Å². The lowest BCUT2D eigenvalue weighted by molar-refractivity contribution is 0.102. The monoisotopic (exact) mass is 502 g/mol. The number of aryl methyl sites for hydroxylation is 1. The standard InChI is InChI=1S/C27H23ClN4O4/c1-4-36-22-12-8-6-10-19(22)29-26(33)24-23-17-9-5-7-11-20(17)31(2)25(23)27(34)32(30-24)16-13-14-21(35-3)18(28)15-16/h5-15H,4H2,1-3H3,(H,29,33). The Kier molecular flexibility index (Phi) is 6.12. The first-order valence-corrected chi connectivity index (χ1v) is 11.7. The number of hydrogen-bond donors (Lipinski definition) is 1. The Morgan fingerprint density at radius 2 is 1.81 bits per heavy atom. The number of methoxy groups -OCH3 is 1. The maximum absolute atomic E-state index is 13.7. The number of nitrogens with one attached hydrogen (secondary N) is 1. The van der Waals surface area contributed by atoms with Gasteiger partial charge in [-0.15, -0.1) is 0 Å². The van der Waals surface area contributed by atoms with Crippen molar-refractivity contribution in [3.8, 4) is 17.2 Å². The van der Waals surface area contributed by atoms with E-state index >= 15 is 0 Å². The Labute approximate surface area is 211 Å². The van der Waals surface area contributed by atoms with Gasteiger partial charge in [-0.2, -0.15) is 9.78 Å². The van der Waals surface area contributed by atoms with E-state index < -0.39 is 5.91 Å². The van der Waals surface area contributed by atoms with Gasteiger partial charge in [-0.25, -0.2) is 0 Å². The second-order valence-corrected chi connectivity index (χ2v) is 8.47. The van der Waals surface area contributed by atoms with Crippen LogP contribution in [0.15, 0.2) is 71.5 Å². The van der Waals surface area contributed by atoms with Crippen LogP contribution in [0.5, 0.6) is 11.5 Å². The van der Waals surface area contributed by atoms with Crippen molar-refractivity contribution in [3.05, 3.63) is 87.8 Å². The van der Waals surface area contributed by atoms with Gasteiger partial charge >= 0.3 is 0 Å². The third-order valence-electron chi connectivity index (χ3n) is 5.97. The maximum Gasteiger partial charge on any atom is 0.296 e. The van der Waals surface area contributed by atoms with Crippen molar-refractivity contribution in [1.82, 2.24) is 14.3 Å². The fourth-order valence-electron chi connectivity index (χ4n) is 4.33. The van der Waals surface area contributed by atoms with Crippen LogP contribution in [0.4, 0.5) is 5.69 Å². The maximum atomic E-state index is 13.7. The minimum atomic E-state index is -0.475. The average Bonchev–Trinajstić information content (AvgIpc) is 3.18. The Balaban J connectivity index is 1.77. The van der Waals surface area contributed by atoms with E-state index in [-0.39, 0.29) is 11.3 Å². The van der Waals surface area contributed by atoms with Gasteiger partial charge in [-0.1, -0.05) is 41.9 Å². The number of carbonyl (C=O) groups is 1. The van der Waals surface area contributed by atoms with Gasteiger partial charge in [-0.05, 0) is 43.3 Å². The first-order valence-electron chi connectivity index (χ1n) is 11.3. The fraction of sp³-hybridized carbons (Fsp3) is 0.148. The third kappa shape index (κ3) is 3.85. The summed E-state index contributed by atoms with van der Waals surface area (Å²) in [5.41, 5.74) is 1.78. The molecule has 0 aliphatic heterocycles. The molecule has 8 nitrogen and oxygen atoms in total. The molecule has 0 unspecified atom stereocenters. The molecule has 0 aliphatic carbocycles. The van der Waals surface area contributed by atoms with Crippen LogP contribution in [0.3, 0.4) is 0 Å². The average molecular weight is 503 g/mol. The molecule has 1 N–H and O–H groups in total. The molecular formula is C27H23ClN4O4. The number of benzene rings is 3. The zero-order chi connectivity index (χ0) is 25.4. The highest BCUT2D eigenvalue weighted by atomic mass is 35.5. The van der Waals surface area contributed by atoms with E-state index in [1.807, 2.05) is 37.3 Å². The Morgan fingerprint density at radius 1 is 1.06 bits per heavy atom. The summed E-state index contributed by atoms with van der Waals surface area (Å²) in [4.78, 5) is 27.4. The SMILES string of the molecule is CCOc1ccccc1NC(=O)c1nn(-c2ccc(OC)c(Cl)c2)c(=O)c2c1c1ccccc1n2C. The number of anilines is 1. The number of carbonyl (C=O) groups excluding carboxylic acids is 1. The number of fused-ring (bicyclic) bond motifs is 3. The predicted molar refractivity (Wildman–Crippen MR) is 141 cm³/mol. The molecule has 0 aliphatic rings. The topological polar surface area (TPSA) is 87.4 Å². The number of amides is 1. The van der Waals surface area contributed by atoms with Gasteiger partial charge in [0.05, 0.1) is 30.1 Å². The molecule has 2 aromatic heterocycles. The van der Waals surface area contributed by atoms with E-state index in [2.05, 4.69) is 10.4 Å². The lowest BCUT2D eigenvalue weighted by atomic mass is 10.1. The van der Waals surface area contributed by atoms with Crippen LogP contribution in [0, 0.1) is 0 Å². The van der Waals surface area contributed by atoms with Crippen LogP contribution in [0.1, 0.15) is 17.4 Å². The molecule has 3 aromatic carbocycles. The van der Waals surface area contributed by atoms with Crippen LogP contribution in [0.2, 0.25) is 5.02 Å². The fourth-order valence-corrected chi connectivity index (χ4v) is 4.58. The van der Waals surface area contributed by atoms with Gasteiger partial charge in [0.25, 0.3) is 11.5 Å². The molecule has 36 heavy (non-hydrogen) atoms. The summed E-state index contributed by atoms with van der Waals surface area (Å²) < 4.78 is 13.9. The zero-order valence-electron chi connectivity index (χ0n) is 19.9. The van der Waals surface area contributed by atoms with E-state index in [9.17, 15) is 9.59 Å². The highest BCUT2D eigenvalue weighted by Gasteiger charge is 2.24. The molecule has 0 saturated carbocycles. The van der Waals surface area contributed by atoms with Gasteiger partial charge in [0.1, 0.15) is 17.0 Å². The van der Waals surface area contributed by atoms with E-state index in [0.29, 0.717) is 45.4 Å². The summed E-state index contributed by atoms with van der Waals surface area (Å²) in [7, 11) is 3.30. The van der Waals surface area contributed by atoms with Crippen molar-refractivity contribution in [2.45, 2.75) is 6.92 Å². The number of aromatic nitrogens is 3. The summed E-state index contributed by atoms with van der Waals surface area (Å²) in [6.45, 7) is 2.32. The summed E-state index contributed by atoms with van der Waals surface area (Å²) in [5.74, 6) is 0.527. The smallest absolute Gasteiger partial charge is 0.296 e. The molecule has 0 radical (unpaired) electrons. The molecule has 9 heteroatoms. The van der Waals surface area contributed by atoms with Crippen LogP contribution in [-0.2, 0) is 7.05 Å². The Hall–Kier alpha value is -4.30. The molecule has 1 amide bonds. The Bertz CT molecular complexity index is 1690. The summed E-state index contributed by atoms with van der Waals surface area (Å²) in [5, 5.41) is 8.99. The van der Waals surface area contributed by atoms with Gasteiger partial charge in [0.2, 0.25) is 0 Å². The van der Waals surface area contributed by atoms with Gasteiger partial charge in [0.15, 0.2) is 5.69 Å². The van der Waals surface area contributed by atoms with Crippen LogP contribution in [-0.4, -0.2) is 34.0 Å². The molecule has 5 rings (SSSR count). The third-order valence-corrected chi connectivity index (χ3v) is 6.26. The van der Waals surface area contributed by atoms with Crippen molar-refractivity contribution >= 4 is 45.0 Å². The molecule has 0 spiro atoms. The van der Waals surface area contributed by atoms with Crippen molar-refractivity contribution < 1.29 is 14.3 Å². The van der Waals surface area contributed by atoms with Gasteiger partial charge in [0, 0.05) is 23.3 Å². The quantitative estimate of drug-likeness (QED) is 0.345. The minimum Gasteiger partial charge on any atom is -0.495 e. The first-order chi connectivity index (χ1) is 17.4. The van der Waals surface area contributed by atoms with E-state index in [4.69, 9.17) is 21.1 Å². The molecule has 5 aromatic rings. The van der Waals surface area contributed by atoms with Crippen LogP contribution < -0.4 is 20.3 Å². The van der Waals surface area contributed by atoms with E-state index in [1.165, 1.54) is 11.8 Å². The number of ether oxygens (including phenoxy) is 2. The molecular weight excluding hydrogens is 480 g/mol. The number of rotatable bonds is 6. The largest absolute Gasteiger partial charge is 0.495 e. The number of halogens is 1. The van der Waals surface area contributed by atoms with Crippen LogP contribution >= 0.6 is 11.6 Å². The minimum absolute atomic E-state index is 0.0969. The number of hydrogen-bond acceptors (Lipinski definition) is 5. The summed E-state index contributed by atoms with van der Waals surface area (Å²) >= 11 is 6.34. The molecule has 182 valence electrons.